The van der Waals surface area contributed by atoms with Gasteiger partial charge < -0.3 is 23.9 Å². The molecule has 8 nitrogen and oxygen atoms in total. The molecule has 0 saturated carbocycles. The van der Waals surface area contributed by atoms with Crippen LogP contribution in [0.1, 0.15) is 35.5 Å². The Bertz CT molecular complexity index is 1260. The molecule has 0 radical (unpaired) electrons. The van der Waals surface area contributed by atoms with Gasteiger partial charge in [0, 0.05) is 19.9 Å². The molecule has 0 bridgehead atoms. The van der Waals surface area contributed by atoms with Gasteiger partial charge in [-0.05, 0) is 50.1 Å². The molecule has 4 rings (SSSR count). The summed E-state index contributed by atoms with van der Waals surface area (Å²) in [5.74, 6) is -1.10. The summed E-state index contributed by atoms with van der Waals surface area (Å²) < 4.78 is 12.6. The van der Waals surface area contributed by atoms with Crippen LogP contribution in [0.4, 0.5) is 0 Å². The van der Waals surface area contributed by atoms with Crippen molar-refractivity contribution in [3.63, 3.8) is 0 Å². The zero-order chi connectivity index (χ0) is 23.7. The largest absolute Gasteiger partial charge is 0.505 e. The summed E-state index contributed by atoms with van der Waals surface area (Å²) in [5, 5.41) is 11.4. The minimum absolute atomic E-state index is 0.00825. The Kier molecular flexibility index (Phi) is 6.20. The fourth-order valence-electron chi connectivity index (χ4n) is 4.26. The first-order valence-electron chi connectivity index (χ1n) is 10.8. The van der Waals surface area contributed by atoms with E-state index in [1.807, 2.05) is 55.6 Å². The van der Waals surface area contributed by atoms with Crippen molar-refractivity contribution in [3.8, 4) is 5.75 Å². The van der Waals surface area contributed by atoms with Gasteiger partial charge in [0.1, 0.15) is 17.1 Å². The number of pyridine rings is 1. The Morgan fingerprint density at radius 1 is 1.18 bits per heavy atom. The number of Topliss-reactive ketones (excluding diaryl/α,β-unsaturated/α-hetero) is 1. The lowest BCUT2D eigenvalue weighted by Gasteiger charge is -2.25. The number of carbonyl (C=O) groups is 2. The zero-order valence-corrected chi connectivity index (χ0v) is 19.2. The minimum Gasteiger partial charge on any atom is -0.505 e. The van der Waals surface area contributed by atoms with Crippen molar-refractivity contribution in [2.75, 3.05) is 26.9 Å². The molecule has 1 aliphatic heterocycles. The Morgan fingerprint density at radius 2 is 1.97 bits per heavy atom. The van der Waals surface area contributed by atoms with Crippen LogP contribution in [0.3, 0.4) is 0 Å². The molecule has 1 saturated heterocycles. The quantitative estimate of drug-likeness (QED) is 0.338. The normalized spacial score (nSPS) is 17.8. The zero-order valence-electron chi connectivity index (χ0n) is 19.2. The molecule has 3 heterocycles. The molecule has 1 N–H and O–H groups in total. The van der Waals surface area contributed by atoms with Crippen molar-refractivity contribution < 1.29 is 24.2 Å². The predicted octanol–water partition coefficient (Wildman–Crippen LogP) is 3.42. The maximum absolute atomic E-state index is 13.2. The molecule has 1 aliphatic rings. The predicted molar refractivity (Wildman–Crippen MR) is 123 cm³/mol. The van der Waals surface area contributed by atoms with Gasteiger partial charge in [0.15, 0.2) is 5.76 Å². The monoisotopic (exact) mass is 449 g/mol. The van der Waals surface area contributed by atoms with Gasteiger partial charge in [-0.3, -0.25) is 9.59 Å². The first-order chi connectivity index (χ1) is 15.9. The molecule has 1 atom stereocenters. The van der Waals surface area contributed by atoms with Crippen LogP contribution in [-0.4, -0.2) is 57.9 Å². The molecule has 1 unspecified atom stereocenters. The molecule has 1 aromatic carbocycles. The van der Waals surface area contributed by atoms with E-state index in [9.17, 15) is 14.7 Å². The molecule has 33 heavy (non-hydrogen) atoms. The first kappa shape index (κ1) is 22.5. The number of fused-ring (bicyclic) bond motifs is 1. The number of likely N-dealkylation sites (tertiary alicyclic amines) is 1. The highest BCUT2D eigenvalue weighted by atomic mass is 16.5. The Morgan fingerprint density at radius 3 is 2.67 bits per heavy atom. The van der Waals surface area contributed by atoms with Gasteiger partial charge in [0.2, 0.25) is 0 Å². The van der Waals surface area contributed by atoms with Crippen molar-refractivity contribution in [1.82, 2.24) is 14.3 Å². The lowest BCUT2D eigenvalue weighted by Crippen LogP contribution is -2.32. The lowest BCUT2D eigenvalue weighted by molar-refractivity contribution is -0.140. The van der Waals surface area contributed by atoms with Gasteiger partial charge >= 0.3 is 0 Å². The summed E-state index contributed by atoms with van der Waals surface area (Å²) in [6.45, 7) is 6.55. The van der Waals surface area contributed by atoms with Crippen LogP contribution in [0.5, 0.6) is 5.75 Å². The molecule has 1 fully saturated rings. The smallest absolute Gasteiger partial charge is 0.295 e. The topological polar surface area (TPSA) is 93.4 Å². The number of ether oxygens (including phenoxy) is 2. The summed E-state index contributed by atoms with van der Waals surface area (Å²) in [6.07, 6.45) is 1.85. The van der Waals surface area contributed by atoms with E-state index in [1.54, 1.807) is 12.1 Å². The maximum Gasteiger partial charge on any atom is 0.295 e. The highest BCUT2D eigenvalue weighted by Crippen LogP contribution is 2.40. The van der Waals surface area contributed by atoms with Crippen molar-refractivity contribution in [2.45, 2.75) is 26.8 Å². The molecule has 172 valence electrons. The van der Waals surface area contributed by atoms with Gasteiger partial charge in [0.05, 0.1) is 30.5 Å². The summed E-state index contributed by atoms with van der Waals surface area (Å²) >= 11 is 0. The van der Waals surface area contributed by atoms with E-state index in [4.69, 9.17) is 9.47 Å². The van der Waals surface area contributed by atoms with Crippen LogP contribution >= 0.6 is 0 Å². The lowest BCUT2D eigenvalue weighted by atomic mass is 9.96. The van der Waals surface area contributed by atoms with Crippen molar-refractivity contribution in [2.24, 2.45) is 0 Å². The SMILES string of the molecule is CCOc1cccc(C2C(=C(O)c3nc4c(C)cccn4c3C)C(=O)C(=O)N2CCOC)c1. The van der Waals surface area contributed by atoms with Crippen molar-refractivity contribution in [3.05, 3.63) is 70.7 Å². The standard InChI is InChI=1S/C25H27N3O5/c1-5-33-18-10-6-9-17(14-18)21-19(23(30)25(31)28(21)12-13-32-4)22(29)20-16(3)27-11-7-8-15(2)24(27)26-20/h6-11,14,21,29H,5,12-13H2,1-4H3. The number of hydrogen-bond acceptors (Lipinski definition) is 6. The van der Waals surface area contributed by atoms with Crippen LogP contribution in [-0.2, 0) is 14.3 Å². The highest BCUT2D eigenvalue weighted by molar-refractivity contribution is 6.46. The van der Waals surface area contributed by atoms with E-state index in [-0.39, 0.29) is 30.2 Å². The first-order valence-corrected chi connectivity index (χ1v) is 10.8. The summed E-state index contributed by atoms with van der Waals surface area (Å²) in [7, 11) is 1.53. The second-order valence-electron chi connectivity index (χ2n) is 7.92. The van der Waals surface area contributed by atoms with Gasteiger partial charge in [-0.1, -0.05) is 18.2 Å². The third-order valence-electron chi connectivity index (χ3n) is 5.87. The van der Waals surface area contributed by atoms with E-state index in [0.717, 1.165) is 5.56 Å². The summed E-state index contributed by atoms with van der Waals surface area (Å²) in [4.78, 5) is 32.2. The average Bonchev–Trinajstić information content (AvgIpc) is 3.28. The van der Waals surface area contributed by atoms with Crippen LogP contribution in [0, 0.1) is 13.8 Å². The summed E-state index contributed by atoms with van der Waals surface area (Å²) in [6, 6.07) is 10.2. The molecule has 8 heteroatoms. The van der Waals surface area contributed by atoms with Crippen LogP contribution in [0.25, 0.3) is 11.4 Å². The van der Waals surface area contributed by atoms with Gasteiger partial charge in [-0.2, -0.15) is 0 Å². The number of benzene rings is 1. The second-order valence-corrected chi connectivity index (χ2v) is 7.92. The fourth-order valence-corrected chi connectivity index (χ4v) is 4.26. The third-order valence-corrected chi connectivity index (χ3v) is 5.87. The molecule has 3 aromatic rings. The molecular formula is C25H27N3O5. The van der Waals surface area contributed by atoms with E-state index >= 15 is 0 Å². The Hall–Kier alpha value is -3.65. The molecule has 1 amide bonds. The number of methoxy groups -OCH3 is 1. The Labute approximate surface area is 192 Å². The number of carbonyl (C=O) groups excluding carboxylic acids is 2. The van der Waals surface area contributed by atoms with Gasteiger partial charge in [0.25, 0.3) is 11.7 Å². The molecule has 2 aromatic heterocycles. The second kappa shape index (κ2) is 9.07. The number of imidazole rings is 1. The Balaban J connectivity index is 1.92. The van der Waals surface area contributed by atoms with Crippen LogP contribution < -0.4 is 4.74 Å². The van der Waals surface area contributed by atoms with E-state index < -0.39 is 17.7 Å². The van der Waals surface area contributed by atoms with Crippen molar-refractivity contribution >= 4 is 23.1 Å². The number of ketones is 1. The van der Waals surface area contributed by atoms with Crippen LogP contribution in [0.2, 0.25) is 0 Å². The maximum atomic E-state index is 13.2. The molecular weight excluding hydrogens is 422 g/mol. The number of nitrogens with zero attached hydrogens (tertiary/aromatic N) is 3. The van der Waals surface area contributed by atoms with Crippen molar-refractivity contribution in [1.29, 1.82) is 0 Å². The molecule has 0 aliphatic carbocycles. The highest BCUT2D eigenvalue weighted by Gasteiger charge is 2.46. The van der Waals surface area contributed by atoms with Gasteiger partial charge in [-0.15, -0.1) is 0 Å². The number of amides is 1. The van der Waals surface area contributed by atoms with E-state index in [0.29, 0.717) is 29.3 Å². The average molecular weight is 450 g/mol. The van der Waals surface area contributed by atoms with Gasteiger partial charge in [-0.25, -0.2) is 4.98 Å². The minimum atomic E-state index is -0.786. The fraction of sp³-hybridized carbons (Fsp3) is 0.320. The number of aromatic nitrogens is 2. The number of aryl methyl sites for hydroxylation is 2. The molecule has 0 spiro atoms. The van der Waals surface area contributed by atoms with E-state index in [1.165, 1.54) is 12.0 Å². The third kappa shape index (κ3) is 3.87. The number of hydrogen-bond donors (Lipinski definition) is 1. The van der Waals surface area contributed by atoms with E-state index in [2.05, 4.69) is 4.98 Å². The number of aliphatic hydroxyl groups excluding tert-OH is 1. The van der Waals surface area contributed by atoms with Crippen LogP contribution in [0.15, 0.2) is 48.2 Å². The summed E-state index contributed by atoms with van der Waals surface area (Å²) in [5.41, 5.74) is 3.24. The number of aliphatic hydroxyl groups is 1. The number of rotatable bonds is 7.